The number of nitrogens with zero attached hydrogens (tertiary/aromatic N) is 1. The van der Waals surface area contributed by atoms with Gasteiger partial charge in [-0.25, -0.2) is 0 Å². The Morgan fingerprint density at radius 2 is 1.88 bits per heavy atom. The Kier molecular flexibility index (Phi) is 2.72. The summed E-state index contributed by atoms with van der Waals surface area (Å²) >= 11 is 0. The molecule has 1 aliphatic rings. The summed E-state index contributed by atoms with van der Waals surface area (Å²) in [6.45, 7) is 6.53. The van der Waals surface area contributed by atoms with Gasteiger partial charge in [-0.2, -0.15) is 0 Å². The molecule has 1 N–H and O–H groups in total. The number of hydrogen-bond donors (Lipinski definition) is 1. The van der Waals surface area contributed by atoms with Crippen LogP contribution in [-0.2, 0) is 10.2 Å². The Morgan fingerprint density at radius 1 is 1.35 bits per heavy atom. The van der Waals surface area contributed by atoms with Gasteiger partial charge in [0.1, 0.15) is 0 Å². The summed E-state index contributed by atoms with van der Waals surface area (Å²) in [5, 5.41) is 9.50. The first-order valence-corrected chi connectivity index (χ1v) is 6.00. The molecule has 17 heavy (non-hydrogen) atoms. The molecule has 0 unspecified atom stereocenters. The molecule has 1 aromatic heterocycles. The second-order valence-electron chi connectivity index (χ2n) is 6.09. The number of carboxylic acids is 1. The fourth-order valence-corrected chi connectivity index (χ4v) is 2.60. The molecule has 1 aliphatic carbocycles. The van der Waals surface area contributed by atoms with Crippen LogP contribution in [0.3, 0.4) is 0 Å². The molecule has 0 aromatic carbocycles. The number of aromatic nitrogens is 1. The quantitative estimate of drug-likeness (QED) is 0.854. The van der Waals surface area contributed by atoms with E-state index in [9.17, 15) is 9.90 Å². The number of carboxylic acid groups (broad SMARTS) is 1. The predicted octanol–water partition coefficient (Wildman–Crippen LogP) is 2.86. The van der Waals surface area contributed by atoms with Crippen molar-refractivity contribution >= 4 is 5.97 Å². The number of carbonyl (C=O) groups is 1. The van der Waals surface area contributed by atoms with Gasteiger partial charge in [0.05, 0.1) is 5.41 Å². The molecule has 0 saturated heterocycles. The smallest absolute Gasteiger partial charge is 0.314 e. The van der Waals surface area contributed by atoms with Gasteiger partial charge in [-0.15, -0.1) is 0 Å². The molecule has 1 fully saturated rings. The minimum Gasteiger partial charge on any atom is -0.481 e. The van der Waals surface area contributed by atoms with E-state index in [2.05, 4.69) is 25.8 Å². The lowest BCUT2D eigenvalue weighted by Gasteiger charge is -2.50. The van der Waals surface area contributed by atoms with Crippen molar-refractivity contribution < 1.29 is 9.90 Å². The van der Waals surface area contributed by atoms with Gasteiger partial charge in [0.15, 0.2) is 0 Å². The molecule has 2 rings (SSSR count). The predicted molar refractivity (Wildman–Crippen MR) is 65.7 cm³/mol. The number of pyridine rings is 1. The van der Waals surface area contributed by atoms with Crippen LogP contribution in [0, 0.1) is 11.3 Å². The fourth-order valence-electron chi connectivity index (χ4n) is 2.60. The van der Waals surface area contributed by atoms with Gasteiger partial charge in [0, 0.05) is 12.4 Å². The highest BCUT2D eigenvalue weighted by Crippen LogP contribution is 2.54. The van der Waals surface area contributed by atoms with Crippen molar-refractivity contribution in [1.82, 2.24) is 4.98 Å². The van der Waals surface area contributed by atoms with Crippen LogP contribution < -0.4 is 0 Å². The lowest BCUT2D eigenvalue weighted by Crippen LogP contribution is -2.51. The van der Waals surface area contributed by atoms with Gasteiger partial charge in [0.25, 0.3) is 0 Å². The molecule has 0 bridgehead atoms. The Balaban J connectivity index is 2.26. The molecular weight excluding hydrogens is 214 g/mol. The molecule has 1 aromatic rings. The third-order valence-electron chi connectivity index (χ3n) is 4.06. The standard InChI is InChI=1S/C14H19NO2/c1-13(2,3)11-8-14(9-11,12(16)17)10-4-6-15-7-5-10/h4-7,11H,8-9H2,1-3H3,(H,16,17). The molecule has 92 valence electrons. The van der Waals surface area contributed by atoms with E-state index >= 15 is 0 Å². The summed E-state index contributed by atoms with van der Waals surface area (Å²) in [6.07, 6.45) is 4.81. The summed E-state index contributed by atoms with van der Waals surface area (Å²) in [5.41, 5.74) is 0.396. The van der Waals surface area contributed by atoms with Crippen LogP contribution in [0.4, 0.5) is 0 Å². The maximum absolute atomic E-state index is 11.6. The van der Waals surface area contributed by atoms with Crippen molar-refractivity contribution in [3.05, 3.63) is 30.1 Å². The molecule has 1 saturated carbocycles. The summed E-state index contributed by atoms with van der Waals surface area (Å²) in [6, 6.07) is 3.65. The number of hydrogen-bond acceptors (Lipinski definition) is 2. The minimum absolute atomic E-state index is 0.186. The molecule has 0 spiro atoms. The fraction of sp³-hybridized carbons (Fsp3) is 0.571. The zero-order valence-electron chi connectivity index (χ0n) is 10.6. The number of rotatable bonds is 2. The summed E-state index contributed by atoms with van der Waals surface area (Å²) in [7, 11) is 0. The van der Waals surface area contributed by atoms with Crippen LogP contribution in [0.5, 0.6) is 0 Å². The molecule has 0 atom stereocenters. The van der Waals surface area contributed by atoms with Crippen molar-refractivity contribution in [1.29, 1.82) is 0 Å². The highest BCUT2D eigenvalue weighted by molar-refractivity contribution is 5.82. The van der Waals surface area contributed by atoms with Crippen molar-refractivity contribution in [3.63, 3.8) is 0 Å². The van der Waals surface area contributed by atoms with E-state index in [4.69, 9.17) is 0 Å². The Hall–Kier alpha value is -1.38. The second-order valence-corrected chi connectivity index (χ2v) is 6.09. The normalized spacial score (nSPS) is 28.5. The highest BCUT2D eigenvalue weighted by atomic mass is 16.4. The van der Waals surface area contributed by atoms with Crippen molar-refractivity contribution in [3.8, 4) is 0 Å². The van der Waals surface area contributed by atoms with Crippen LogP contribution >= 0.6 is 0 Å². The Bertz CT molecular complexity index is 414. The summed E-state index contributed by atoms with van der Waals surface area (Å²) in [5.74, 6) is -0.226. The summed E-state index contributed by atoms with van der Waals surface area (Å²) in [4.78, 5) is 15.5. The zero-order chi connectivity index (χ0) is 12.7. The van der Waals surface area contributed by atoms with Gasteiger partial charge in [-0.1, -0.05) is 20.8 Å². The third-order valence-corrected chi connectivity index (χ3v) is 4.06. The lowest BCUT2D eigenvalue weighted by molar-refractivity contribution is -0.152. The Morgan fingerprint density at radius 3 is 2.29 bits per heavy atom. The van der Waals surface area contributed by atoms with Crippen LogP contribution in [-0.4, -0.2) is 16.1 Å². The zero-order valence-corrected chi connectivity index (χ0v) is 10.6. The van der Waals surface area contributed by atoms with Crippen LogP contribution in [0.2, 0.25) is 0 Å². The molecule has 0 radical (unpaired) electrons. The molecule has 0 aliphatic heterocycles. The first kappa shape index (κ1) is 12.1. The van der Waals surface area contributed by atoms with Gasteiger partial charge in [0.2, 0.25) is 0 Å². The number of aliphatic carboxylic acids is 1. The van der Waals surface area contributed by atoms with E-state index in [1.165, 1.54) is 0 Å². The maximum atomic E-state index is 11.6. The highest BCUT2D eigenvalue weighted by Gasteiger charge is 2.54. The van der Waals surface area contributed by atoms with Crippen molar-refractivity contribution in [2.24, 2.45) is 11.3 Å². The topological polar surface area (TPSA) is 50.2 Å². The Labute approximate surface area is 102 Å². The molecule has 1 heterocycles. The lowest BCUT2D eigenvalue weighted by atomic mass is 9.52. The average molecular weight is 233 g/mol. The molecule has 0 amide bonds. The maximum Gasteiger partial charge on any atom is 0.314 e. The second kappa shape index (κ2) is 3.83. The first-order valence-electron chi connectivity index (χ1n) is 6.00. The van der Waals surface area contributed by atoms with Crippen molar-refractivity contribution in [2.45, 2.75) is 39.0 Å². The molecule has 3 nitrogen and oxygen atoms in total. The molecule has 3 heteroatoms. The minimum atomic E-state index is -0.704. The largest absolute Gasteiger partial charge is 0.481 e. The van der Waals surface area contributed by atoms with E-state index in [1.807, 2.05) is 12.1 Å². The van der Waals surface area contributed by atoms with E-state index < -0.39 is 11.4 Å². The monoisotopic (exact) mass is 233 g/mol. The van der Waals surface area contributed by atoms with Crippen LogP contribution in [0.25, 0.3) is 0 Å². The van der Waals surface area contributed by atoms with Crippen molar-refractivity contribution in [2.75, 3.05) is 0 Å². The van der Waals surface area contributed by atoms with Crippen LogP contribution in [0.15, 0.2) is 24.5 Å². The average Bonchev–Trinajstić information content (AvgIpc) is 2.14. The van der Waals surface area contributed by atoms with E-state index in [0.29, 0.717) is 5.92 Å². The van der Waals surface area contributed by atoms with Crippen LogP contribution in [0.1, 0.15) is 39.2 Å². The van der Waals surface area contributed by atoms with Gasteiger partial charge < -0.3 is 5.11 Å². The molecular formula is C14H19NO2. The van der Waals surface area contributed by atoms with Gasteiger partial charge in [-0.05, 0) is 41.9 Å². The first-order chi connectivity index (χ1) is 7.86. The third kappa shape index (κ3) is 1.94. The van der Waals surface area contributed by atoms with E-state index in [0.717, 1.165) is 18.4 Å². The van der Waals surface area contributed by atoms with E-state index in [1.54, 1.807) is 12.4 Å². The SMILES string of the molecule is CC(C)(C)C1CC(C(=O)O)(c2ccncc2)C1. The summed E-state index contributed by atoms with van der Waals surface area (Å²) < 4.78 is 0. The van der Waals surface area contributed by atoms with Gasteiger partial charge >= 0.3 is 5.97 Å². The van der Waals surface area contributed by atoms with Gasteiger partial charge in [-0.3, -0.25) is 9.78 Å². The van der Waals surface area contributed by atoms with E-state index in [-0.39, 0.29) is 5.41 Å².